The molecule has 0 N–H and O–H groups in total. The molecule has 1 aliphatic heterocycles. The van der Waals surface area contributed by atoms with E-state index in [2.05, 4.69) is 9.97 Å². The van der Waals surface area contributed by atoms with Gasteiger partial charge in [0.05, 0.1) is 13.2 Å². The molecule has 1 aliphatic rings. The minimum absolute atomic E-state index is 0.0535. The molecule has 0 aromatic carbocycles. The molecule has 1 atom stereocenters. The molecule has 0 bridgehead atoms. The minimum Gasteiger partial charge on any atom is -0.475 e. The molecular formula is C13H19N3O3. The summed E-state index contributed by atoms with van der Waals surface area (Å²) in [6.07, 6.45) is 3.40. The minimum atomic E-state index is -0.292. The van der Waals surface area contributed by atoms with Crippen LogP contribution in [0.2, 0.25) is 0 Å². The number of hydrogen-bond acceptors (Lipinski definition) is 6. The fourth-order valence-electron chi connectivity index (χ4n) is 2.17. The summed E-state index contributed by atoms with van der Waals surface area (Å²) in [6, 6.07) is 1.42. The second kappa shape index (κ2) is 5.86. The van der Waals surface area contributed by atoms with E-state index in [9.17, 15) is 4.79 Å². The van der Waals surface area contributed by atoms with E-state index in [1.807, 2.05) is 18.7 Å². The number of rotatable bonds is 4. The number of ether oxygens (including phenoxy) is 2. The highest BCUT2D eigenvalue weighted by Crippen LogP contribution is 2.24. The maximum atomic E-state index is 11.7. The van der Waals surface area contributed by atoms with Crippen molar-refractivity contribution >= 4 is 11.9 Å². The lowest BCUT2D eigenvalue weighted by atomic mass is 10.2. The average molecular weight is 265 g/mol. The Morgan fingerprint density at radius 2 is 2.32 bits per heavy atom. The summed E-state index contributed by atoms with van der Waals surface area (Å²) in [4.78, 5) is 22.2. The van der Waals surface area contributed by atoms with Crippen molar-refractivity contribution in [3.63, 3.8) is 0 Å². The van der Waals surface area contributed by atoms with Gasteiger partial charge in [0.25, 0.3) is 0 Å². The third-order valence-corrected chi connectivity index (χ3v) is 2.96. The Labute approximate surface area is 112 Å². The van der Waals surface area contributed by atoms with Crippen molar-refractivity contribution in [2.45, 2.75) is 38.8 Å². The molecule has 1 fully saturated rings. The predicted octanol–water partition coefficient (Wildman–Crippen LogP) is 1.41. The van der Waals surface area contributed by atoms with Gasteiger partial charge in [-0.15, -0.1) is 0 Å². The molecule has 0 saturated carbocycles. The van der Waals surface area contributed by atoms with Gasteiger partial charge in [-0.05, 0) is 26.7 Å². The fourth-order valence-corrected chi connectivity index (χ4v) is 2.17. The van der Waals surface area contributed by atoms with Crippen LogP contribution >= 0.6 is 0 Å². The highest BCUT2D eigenvalue weighted by atomic mass is 16.5. The summed E-state index contributed by atoms with van der Waals surface area (Å²) in [5.41, 5.74) is 0. The molecule has 1 aromatic heterocycles. The van der Waals surface area contributed by atoms with Gasteiger partial charge in [-0.3, -0.25) is 0 Å². The molecule has 0 aliphatic carbocycles. The summed E-state index contributed by atoms with van der Waals surface area (Å²) < 4.78 is 10.4. The van der Waals surface area contributed by atoms with E-state index >= 15 is 0 Å². The molecule has 0 radical (unpaired) electrons. The monoisotopic (exact) mass is 265 g/mol. The molecule has 2 rings (SSSR count). The average Bonchev–Trinajstić information content (AvgIpc) is 2.86. The van der Waals surface area contributed by atoms with Crippen molar-refractivity contribution in [2.75, 3.05) is 18.6 Å². The molecule has 0 spiro atoms. The molecule has 1 unspecified atom stereocenters. The van der Waals surface area contributed by atoms with Crippen molar-refractivity contribution in [1.29, 1.82) is 0 Å². The van der Waals surface area contributed by atoms with Crippen molar-refractivity contribution in [2.24, 2.45) is 0 Å². The molecule has 1 aromatic rings. The summed E-state index contributed by atoms with van der Waals surface area (Å²) in [7, 11) is 1.40. The van der Waals surface area contributed by atoms with Crippen molar-refractivity contribution < 1.29 is 14.3 Å². The molecule has 0 amide bonds. The highest BCUT2D eigenvalue weighted by molar-refractivity contribution is 5.79. The summed E-state index contributed by atoms with van der Waals surface area (Å²) >= 11 is 0. The molecule has 6 nitrogen and oxygen atoms in total. The first kappa shape index (κ1) is 13.6. The summed E-state index contributed by atoms with van der Waals surface area (Å²) in [5, 5.41) is 0. The molecule has 1 saturated heterocycles. The standard InChI is InChI=1S/C13H19N3O3/c1-9(2)19-11-6-7-14-13(15-11)16-8-4-5-10(16)12(17)18-3/h6-7,9-10H,4-5,8H2,1-3H3. The quantitative estimate of drug-likeness (QED) is 0.767. The van der Waals surface area contributed by atoms with E-state index in [-0.39, 0.29) is 18.1 Å². The van der Waals surface area contributed by atoms with Crippen LogP contribution in [0.4, 0.5) is 5.95 Å². The lowest BCUT2D eigenvalue weighted by Crippen LogP contribution is -2.37. The second-order valence-electron chi connectivity index (χ2n) is 4.74. The summed E-state index contributed by atoms with van der Waals surface area (Å²) in [5.74, 6) is 0.804. The van der Waals surface area contributed by atoms with Crippen LogP contribution in [0.15, 0.2) is 12.3 Å². The number of esters is 1. The van der Waals surface area contributed by atoms with E-state index in [0.29, 0.717) is 11.8 Å². The van der Waals surface area contributed by atoms with Crippen molar-refractivity contribution in [1.82, 2.24) is 9.97 Å². The first-order chi connectivity index (χ1) is 9.11. The van der Waals surface area contributed by atoms with Crippen molar-refractivity contribution in [3.8, 4) is 5.88 Å². The van der Waals surface area contributed by atoms with Gasteiger partial charge in [-0.25, -0.2) is 9.78 Å². The third-order valence-electron chi connectivity index (χ3n) is 2.96. The van der Waals surface area contributed by atoms with Gasteiger partial charge in [-0.1, -0.05) is 0 Å². The van der Waals surface area contributed by atoms with Crippen LogP contribution < -0.4 is 9.64 Å². The number of methoxy groups -OCH3 is 1. The normalized spacial score (nSPS) is 18.7. The number of carbonyl (C=O) groups excluding carboxylic acids is 1. The molecule has 19 heavy (non-hydrogen) atoms. The molecular weight excluding hydrogens is 246 g/mol. The number of anilines is 1. The second-order valence-corrected chi connectivity index (χ2v) is 4.74. The Balaban J connectivity index is 2.18. The SMILES string of the molecule is COC(=O)C1CCCN1c1nccc(OC(C)C)n1. The third kappa shape index (κ3) is 3.13. The Bertz CT molecular complexity index is 451. The van der Waals surface area contributed by atoms with Gasteiger partial charge >= 0.3 is 5.97 Å². The maximum Gasteiger partial charge on any atom is 0.328 e. The van der Waals surface area contributed by atoms with Crippen LogP contribution in [-0.2, 0) is 9.53 Å². The predicted molar refractivity (Wildman–Crippen MR) is 70.2 cm³/mol. The summed E-state index contributed by atoms with van der Waals surface area (Å²) in [6.45, 7) is 4.63. The molecule has 6 heteroatoms. The van der Waals surface area contributed by atoms with Gasteiger partial charge in [-0.2, -0.15) is 4.98 Å². The van der Waals surface area contributed by atoms with E-state index in [1.54, 1.807) is 12.3 Å². The van der Waals surface area contributed by atoms with Crippen LogP contribution in [0.3, 0.4) is 0 Å². The molecule has 2 heterocycles. The number of carbonyl (C=O) groups is 1. The Kier molecular flexibility index (Phi) is 4.19. The lowest BCUT2D eigenvalue weighted by molar-refractivity contribution is -0.141. The van der Waals surface area contributed by atoms with Gasteiger partial charge in [0.1, 0.15) is 6.04 Å². The van der Waals surface area contributed by atoms with E-state index in [4.69, 9.17) is 9.47 Å². The smallest absolute Gasteiger partial charge is 0.328 e. The zero-order valence-electron chi connectivity index (χ0n) is 11.5. The van der Waals surface area contributed by atoms with Gasteiger partial charge < -0.3 is 14.4 Å². The van der Waals surface area contributed by atoms with E-state index in [1.165, 1.54) is 7.11 Å². The number of hydrogen-bond donors (Lipinski definition) is 0. The van der Waals surface area contributed by atoms with Crippen LogP contribution in [0.1, 0.15) is 26.7 Å². The largest absolute Gasteiger partial charge is 0.475 e. The topological polar surface area (TPSA) is 64.5 Å². The first-order valence-corrected chi connectivity index (χ1v) is 6.46. The van der Waals surface area contributed by atoms with Crippen LogP contribution in [0, 0.1) is 0 Å². The van der Waals surface area contributed by atoms with Crippen LogP contribution in [0.25, 0.3) is 0 Å². The maximum absolute atomic E-state index is 11.7. The Morgan fingerprint density at radius 3 is 3.00 bits per heavy atom. The first-order valence-electron chi connectivity index (χ1n) is 6.46. The zero-order valence-corrected chi connectivity index (χ0v) is 11.5. The Morgan fingerprint density at radius 1 is 1.53 bits per heavy atom. The zero-order chi connectivity index (χ0) is 13.8. The highest BCUT2D eigenvalue weighted by Gasteiger charge is 2.33. The Hall–Kier alpha value is -1.85. The lowest BCUT2D eigenvalue weighted by Gasteiger charge is -2.22. The van der Waals surface area contributed by atoms with Gasteiger partial charge in [0.2, 0.25) is 11.8 Å². The number of aromatic nitrogens is 2. The van der Waals surface area contributed by atoms with Crippen LogP contribution in [-0.4, -0.2) is 41.7 Å². The van der Waals surface area contributed by atoms with Gasteiger partial charge in [0, 0.05) is 18.8 Å². The van der Waals surface area contributed by atoms with Crippen LogP contribution in [0.5, 0.6) is 5.88 Å². The molecule has 104 valence electrons. The van der Waals surface area contributed by atoms with Crippen molar-refractivity contribution in [3.05, 3.63) is 12.3 Å². The van der Waals surface area contributed by atoms with E-state index < -0.39 is 0 Å². The fraction of sp³-hybridized carbons (Fsp3) is 0.615. The number of nitrogens with zero attached hydrogens (tertiary/aromatic N) is 3. The van der Waals surface area contributed by atoms with Gasteiger partial charge in [0.15, 0.2) is 0 Å². The van der Waals surface area contributed by atoms with E-state index in [0.717, 1.165) is 19.4 Å².